The van der Waals surface area contributed by atoms with Gasteiger partial charge in [0.25, 0.3) is 0 Å². The molecule has 19 nitrogen and oxygen atoms in total. The Labute approximate surface area is 559 Å². The number of carbonyl (C=O) groups excluding carboxylic acids is 1. The highest BCUT2D eigenvalue weighted by molar-refractivity contribution is 6.23. The number of ketones is 1. The topological polar surface area (TPSA) is 276 Å². The van der Waals surface area contributed by atoms with Crippen LogP contribution in [-0.2, 0) is 73.7 Å². The Morgan fingerprint density at radius 2 is 0.989 bits per heavy atom. The third kappa shape index (κ3) is 19.5. The van der Waals surface area contributed by atoms with E-state index in [1.807, 2.05) is 63.6 Å². The molecule has 0 amide bonds. The van der Waals surface area contributed by atoms with Crippen LogP contribution in [0, 0.1) is 40.7 Å². The van der Waals surface area contributed by atoms with E-state index in [2.05, 4.69) is 103 Å². The predicted octanol–water partition coefficient (Wildman–Crippen LogP) is 14.6. The van der Waals surface area contributed by atoms with Crippen molar-refractivity contribution in [2.24, 2.45) is 16.7 Å². The smallest absolute Gasteiger partial charge is 0.187 e. The lowest BCUT2D eigenvalue weighted by Crippen LogP contribution is -2.49. The van der Waals surface area contributed by atoms with Crippen LogP contribution in [0.4, 0.5) is 17.1 Å². The number of nitrogens with one attached hydrogen (secondary N) is 8. The largest absolute Gasteiger partial charge is 0.358 e. The number of benzene rings is 4. The Morgan fingerprint density at radius 1 is 0.613 bits per heavy atom. The molecule has 93 heavy (non-hydrogen) atoms. The molecule has 0 radical (unpaired) electrons. The number of nitrogens with zero attached hydrogens (tertiary/aromatic N) is 3. The SMILES string of the molecule is CC1(C)COC2(CCC(=N)CC2)OC1.CC1(C)COC2(CCC(=O)CC2)OC1.CCl.CNC1CCc2[nH]c3ccc(CON)cc3c2C1.N.N#Cc1ccc(NCl)cc1.[C-]#[N+]c1ccc2[nH]c3c(c2c1)CC(NC)CC3.[C-]#[N+]c1ccc2[nH]c3c(c2c1)CC(NC)CC3. The minimum absolute atomic E-state index is 0. The van der Waals surface area contributed by atoms with E-state index in [1.54, 1.807) is 24.3 Å². The number of hydrogen-bond acceptors (Lipinski definition) is 14. The number of Topliss-reactive ketones (excluding diaryl/α,β-unsaturated/α-hetero) is 1. The van der Waals surface area contributed by atoms with Gasteiger partial charge in [0.1, 0.15) is 5.78 Å². The van der Waals surface area contributed by atoms with Gasteiger partial charge < -0.3 is 61.4 Å². The second kappa shape index (κ2) is 34.1. The molecule has 4 fully saturated rings. The zero-order valence-electron chi connectivity index (χ0n) is 55.6. The normalized spacial score (nSPS) is 20.8. The second-order valence-electron chi connectivity index (χ2n) is 26.5. The molecule has 3 atom stereocenters. The van der Waals surface area contributed by atoms with Gasteiger partial charge >= 0.3 is 0 Å². The molecule has 5 heterocycles. The molecule has 5 aliphatic carbocycles. The minimum atomic E-state index is -0.427. The summed E-state index contributed by atoms with van der Waals surface area (Å²) in [4.78, 5) is 35.8. The van der Waals surface area contributed by atoms with Crippen LogP contribution >= 0.6 is 23.4 Å². The predicted molar refractivity (Wildman–Crippen MR) is 375 cm³/mol. The quantitative estimate of drug-likeness (QED) is 0.0321. The lowest BCUT2D eigenvalue weighted by Gasteiger charge is -2.45. The van der Waals surface area contributed by atoms with Crippen LogP contribution in [0.25, 0.3) is 42.4 Å². The molecule has 14 rings (SSSR count). The molecule has 7 aromatic rings. The van der Waals surface area contributed by atoms with Crippen LogP contribution in [-0.4, -0.2) is 110 Å². The number of ether oxygens (including phenoxy) is 4. The Bertz CT molecular complexity index is 3540. The van der Waals surface area contributed by atoms with Gasteiger partial charge in [-0.05, 0) is 185 Å². The van der Waals surface area contributed by atoms with Gasteiger partial charge in [0, 0.05) is 136 Å². The average molecular weight is 1310 g/mol. The first-order valence-corrected chi connectivity index (χ1v) is 33.3. The molecule has 4 aromatic carbocycles. The Morgan fingerprint density at radius 3 is 1.34 bits per heavy atom. The van der Waals surface area contributed by atoms with Gasteiger partial charge in [0.15, 0.2) is 22.9 Å². The van der Waals surface area contributed by atoms with Gasteiger partial charge in [0.05, 0.1) is 57.8 Å². The number of nitriles is 1. The fourth-order valence-corrected chi connectivity index (χ4v) is 13.0. The molecular weight excluding hydrogens is 1210 g/mol. The van der Waals surface area contributed by atoms with Gasteiger partial charge in [-0.3, -0.25) is 14.5 Å². The van der Waals surface area contributed by atoms with Gasteiger partial charge in [-0.1, -0.05) is 45.9 Å². The summed E-state index contributed by atoms with van der Waals surface area (Å²) in [6.45, 7) is 26.3. The molecule has 3 aromatic heterocycles. The number of rotatable bonds is 6. The molecular formula is C72H97Cl2N13O6. The van der Waals surface area contributed by atoms with Crippen molar-refractivity contribution >= 4 is 84.6 Å². The summed E-state index contributed by atoms with van der Waals surface area (Å²) in [5.41, 5.74) is 17.0. The van der Waals surface area contributed by atoms with Crippen LogP contribution in [0.15, 0.2) is 78.9 Å². The van der Waals surface area contributed by atoms with Crippen molar-refractivity contribution in [1.82, 2.24) is 37.1 Å². The molecule has 2 saturated heterocycles. The van der Waals surface area contributed by atoms with E-state index >= 15 is 0 Å². The van der Waals surface area contributed by atoms with E-state index < -0.39 is 5.79 Å². The summed E-state index contributed by atoms with van der Waals surface area (Å²) < 4.78 is 23.3. The number of halogens is 2. The molecule has 21 heteroatoms. The summed E-state index contributed by atoms with van der Waals surface area (Å²) in [5.74, 6) is 4.71. The van der Waals surface area contributed by atoms with Crippen molar-refractivity contribution in [3.63, 3.8) is 0 Å². The molecule has 13 N–H and O–H groups in total. The first-order valence-electron chi connectivity index (χ1n) is 32.2. The van der Waals surface area contributed by atoms with Gasteiger partial charge in [-0.15, -0.1) is 11.6 Å². The lowest BCUT2D eigenvalue weighted by atomic mass is 9.88. The lowest BCUT2D eigenvalue weighted by molar-refractivity contribution is -0.307. The fourth-order valence-electron chi connectivity index (χ4n) is 12.8. The van der Waals surface area contributed by atoms with Crippen molar-refractivity contribution < 1.29 is 28.6 Å². The fraction of sp³-hybridized carbons (Fsp3) is 0.514. The molecule has 3 unspecified atom stereocenters. The van der Waals surface area contributed by atoms with Crippen LogP contribution in [0.1, 0.15) is 143 Å². The zero-order valence-corrected chi connectivity index (χ0v) is 57.1. The van der Waals surface area contributed by atoms with E-state index in [-0.39, 0.29) is 22.8 Å². The van der Waals surface area contributed by atoms with E-state index in [9.17, 15) is 4.79 Å². The number of alkyl halides is 1. The van der Waals surface area contributed by atoms with E-state index in [0.29, 0.717) is 48.9 Å². The number of carbonyl (C=O) groups is 1. The van der Waals surface area contributed by atoms with Crippen molar-refractivity contribution in [3.05, 3.63) is 147 Å². The van der Waals surface area contributed by atoms with Crippen molar-refractivity contribution in [2.75, 3.05) is 58.8 Å². The van der Waals surface area contributed by atoms with Gasteiger partial charge in [0.2, 0.25) is 0 Å². The number of fused-ring (bicyclic) bond motifs is 9. The molecule has 500 valence electrons. The number of hydrogen-bond donors (Lipinski definition) is 10. The van der Waals surface area contributed by atoms with E-state index in [0.717, 1.165) is 132 Å². The van der Waals surface area contributed by atoms with Crippen LogP contribution in [0.5, 0.6) is 0 Å². The zero-order chi connectivity index (χ0) is 66.1. The van der Waals surface area contributed by atoms with Crippen molar-refractivity contribution in [2.45, 2.75) is 173 Å². The number of H-pyrrole nitrogens is 3. The van der Waals surface area contributed by atoms with E-state index in [1.165, 1.54) is 92.1 Å². The number of aromatic nitrogens is 3. The van der Waals surface area contributed by atoms with Crippen LogP contribution < -0.4 is 32.8 Å². The number of anilines is 1. The molecule has 2 saturated carbocycles. The summed E-state index contributed by atoms with van der Waals surface area (Å²) in [6.07, 6.45) is 17.7. The summed E-state index contributed by atoms with van der Waals surface area (Å²) >= 11 is 9.93. The molecule has 2 aliphatic heterocycles. The van der Waals surface area contributed by atoms with Gasteiger partial charge in [-0.25, -0.2) is 15.6 Å². The Hall–Kier alpha value is -6.71. The highest BCUT2D eigenvalue weighted by Crippen LogP contribution is 2.40. The molecule has 2 spiro atoms. The van der Waals surface area contributed by atoms with Crippen LogP contribution in [0.3, 0.4) is 0 Å². The molecule has 0 bridgehead atoms. The average Bonchev–Trinajstić information content (AvgIpc) is 1.75. The van der Waals surface area contributed by atoms with Crippen molar-refractivity contribution in [1.29, 1.82) is 10.7 Å². The summed E-state index contributed by atoms with van der Waals surface area (Å²) in [6, 6.07) is 28.8. The first kappa shape index (κ1) is 73.7. The number of aromatic amines is 3. The second-order valence-corrected chi connectivity index (χ2v) is 26.7. The number of likely N-dealkylation sites (N-methyl/N-ethyl adjacent to an activating group) is 3. The molecule has 7 aliphatic rings. The highest BCUT2D eigenvalue weighted by atomic mass is 35.5. The van der Waals surface area contributed by atoms with Crippen LogP contribution in [0.2, 0.25) is 0 Å². The monoisotopic (exact) mass is 1310 g/mol. The maximum absolute atomic E-state index is 11.1. The van der Waals surface area contributed by atoms with Crippen molar-refractivity contribution in [3.8, 4) is 6.07 Å². The maximum atomic E-state index is 11.1. The number of nitrogens with two attached hydrogens (primary N) is 1. The third-order valence-electron chi connectivity index (χ3n) is 18.5. The highest BCUT2D eigenvalue weighted by Gasteiger charge is 2.44. The first-order chi connectivity index (χ1) is 44.3. The third-order valence-corrected chi connectivity index (χ3v) is 18.8. The Balaban J connectivity index is 0.000000158. The summed E-state index contributed by atoms with van der Waals surface area (Å²) in [7, 11) is 6.09. The summed E-state index contributed by atoms with van der Waals surface area (Å²) in [5, 5.41) is 29.8. The maximum Gasteiger partial charge on any atom is 0.187 e. The standard InChI is InChI=1S/C14H19N3O.2C14H15N3.C11H19NO2.C11H18O3.C7H5ClN2.CH3Cl.H3N/c1-16-10-3-5-14-12(7-10)11-6-9(8-18-15)2-4-13(11)17-14;2*1-15-9-3-5-13-11(7-9)12-8-10(16-2)4-6-14(12)17-13;2*1-10(2)7-13-11(14-8-10)5-3-9(12)4-6-11;8-10-7-3-1-6(5-9)2-4-7;1-2;/h2,4,6,10,16-17H,3,5,7-8,15H2,1H3;2*4,6,8-9,15,17H,3,5,7H2,1H3;12H,3-8H2,1-2H3;3-8H2,1-2H3;1-4,10H;1H3;1H3. The Kier molecular flexibility index (Phi) is 27.0. The number of aryl methyl sites for hydroxylation is 3. The van der Waals surface area contributed by atoms with E-state index in [4.69, 9.17) is 65.3 Å². The minimum Gasteiger partial charge on any atom is -0.358 e. The van der Waals surface area contributed by atoms with Gasteiger partial charge in [-0.2, -0.15) is 5.26 Å².